The lowest BCUT2D eigenvalue weighted by Crippen LogP contribution is -2.36. The van der Waals surface area contributed by atoms with Crippen LogP contribution in [0.1, 0.15) is 18.1 Å². The van der Waals surface area contributed by atoms with Gasteiger partial charge in [-0.25, -0.2) is 4.79 Å². The molecule has 2 aromatic rings. The Labute approximate surface area is 118 Å². The molecule has 20 heavy (non-hydrogen) atoms. The van der Waals surface area contributed by atoms with Crippen LogP contribution in [0.2, 0.25) is 0 Å². The number of ether oxygens (including phenoxy) is 1. The van der Waals surface area contributed by atoms with Crippen molar-refractivity contribution in [2.45, 2.75) is 26.0 Å². The van der Waals surface area contributed by atoms with E-state index >= 15 is 0 Å². The first-order chi connectivity index (χ1) is 9.75. The Bertz CT molecular complexity index is 609. The molecule has 3 heteroatoms. The van der Waals surface area contributed by atoms with E-state index in [2.05, 4.69) is 6.07 Å². The average Bonchev–Trinajstić information content (AvgIpc) is 2.82. The summed E-state index contributed by atoms with van der Waals surface area (Å²) in [6, 6.07) is 17.9. The SMILES string of the molecule is CC1Cc2ccccc2N1C(=O)OCc1ccccc1. The molecule has 2 aromatic carbocycles. The van der Waals surface area contributed by atoms with E-state index in [0.717, 1.165) is 17.7 Å². The third-order valence-corrected chi connectivity index (χ3v) is 3.61. The van der Waals surface area contributed by atoms with Crippen LogP contribution in [0, 0.1) is 0 Å². The van der Waals surface area contributed by atoms with Crippen molar-refractivity contribution >= 4 is 11.8 Å². The summed E-state index contributed by atoms with van der Waals surface area (Å²) in [6.45, 7) is 2.36. The summed E-state index contributed by atoms with van der Waals surface area (Å²) in [6.07, 6.45) is 0.614. The van der Waals surface area contributed by atoms with E-state index < -0.39 is 0 Å². The lowest BCUT2D eigenvalue weighted by Gasteiger charge is -2.22. The van der Waals surface area contributed by atoms with Crippen molar-refractivity contribution in [3.8, 4) is 0 Å². The molecule has 0 fully saturated rings. The molecule has 0 N–H and O–H groups in total. The zero-order chi connectivity index (χ0) is 13.9. The molecule has 0 spiro atoms. The summed E-state index contributed by atoms with van der Waals surface area (Å²) in [5, 5.41) is 0. The third-order valence-electron chi connectivity index (χ3n) is 3.61. The molecule has 0 bridgehead atoms. The van der Waals surface area contributed by atoms with Gasteiger partial charge in [-0.15, -0.1) is 0 Å². The fraction of sp³-hybridized carbons (Fsp3) is 0.235. The van der Waals surface area contributed by atoms with Crippen molar-refractivity contribution in [2.75, 3.05) is 4.90 Å². The van der Waals surface area contributed by atoms with Crippen LogP contribution in [-0.2, 0) is 17.8 Å². The van der Waals surface area contributed by atoms with Gasteiger partial charge in [0.25, 0.3) is 0 Å². The largest absolute Gasteiger partial charge is 0.444 e. The van der Waals surface area contributed by atoms with Gasteiger partial charge < -0.3 is 4.74 Å². The van der Waals surface area contributed by atoms with Gasteiger partial charge in [0, 0.05) is 6.04 Å². The minimum Gasteiger partial charge on any atom is -0.444 e. The summed E-state index contributed by atoms with van der Waals surface area (Å²) in [5.41, 5.74) is 3.18. The Hall–Kier alpha value is -2.29. The first-order valence-corrected chi connectivity index (χ1v) is 6.83. The maximum atomic E-state index is 12.3. The average molecular weight is 267 g/mol. The molecule has 1 heterocycles. The zero-order valence-corrected chi connectivity index (χ0v) is 11.5. The Kier molecular flexibility index (Phi) is 3.42. The normalized spacial score (nSPS) is 16.9. The molecule has 0 aromatic heterocycles. The van der Waals surface area contributed by atoms with E-state index in [1.54, 1.807) is 4.90 Å². The van der Waals surface area contributed by atoms with Crippen LogP contribution in [0.5, 0.6) is 0 Å². The Balaban J connectivity index is 1.71. The van der Waals surface area contributed by atoms with Gasteiger partial charge in [-0.05, 0) is 30.5 Å². The van der Waals surface area contributed by atoms with Crippen molar-refractivity contribution in [3.05, 3.63) is 65.7 Å². The van der Waals surface area contributed by atoms with Crippen LogP contribution in [0.25, 0.3) is 0 Å². The van der Waals surface area contributed by atoms with Crippen molar-refractivity contribution in [2.24, 2.45) is 0 Å². The summed E-state index contributed by atoms with van der Waals surface area (Å²) < 4.78 is 5.43. The zero-order valence-electron chi connectivity index (χ0n) is 11.5. The molecule has 1 atom stereocenters. The van der Waals surface area contributed by atoms with Gasteiger partial charge in [0.2, 0.25) is 0 Å². The second-order valence-corrected chi connectivity index (χ2v) is 5.09. The number of rotatable bonds is 2. The standard InChI is InChI=1S/C17H17NO2/c1-13-11-15-9-5-6-10-16(15)18(13)17(19)20-12-14-7-3-2-4-8-14/h2-10,13H,11-12H2,1H3. The van der Waals surface area contributed by atoms with Crippen molar-refractivity contribution in [1.82, 2.24) is 0 Å². The van der Waals surface area contributed by atoms with Crippen molar-refractivity contribution in [1.29, 1.82) is 0 Å². The lowest BCUT2D eigenvalue weighted by atomic mass is 10.1. The van der Waals surface area contributed by atoms with E-state index in [-0.39, 0.29) is 12.1 Å². The van der Waals surface area contributed by atoms with Crippen LogP contribution in [-0.4, -0.2) is 12.1 Å². The van der Waals surface area contributed by atoms with Crippen LogP contribution in [0.3, 0.4) is 0 Å². The number of fused-ring (bicyclic) bond motifs is 1. The fourth-order valence-electron chi connectivity index (χ4n) is 2.63. The Morgan fingerprint density at radius 3 is 2.65 bits per heavy atom. The highest BCUT2D eigenvalue weighted by molar-refractivity contribution is 5.91. The van der Waals surface area contributed by atoms with Gasteiger partial charge in [0.05, 0.1) is 5.69 Å². The number of amides is 1. The highest BCUT2D eigenvalue weighted by atomic mass is 16.6. The topological polar surface area (TPSA) is 29.5 Å². The maximum absolute atomic E-state index is 12.3. The highest BCUT2D eigenvalue weighted by Gasteiger charge is 2.31. The first-order valence-electron chi connectivity index (χ1n) is 6.83. The smallest absolute Gasteiger partial charge is 0.414 e. The number of para-hydroxylation sites is 1. The Morgan fingerprint density at radius 1 is 1.15 bits per heavy atom. The van der Waals surface area contributed by atoms with Crippen LogP contribution in [0.15, 0.2) is 54.6 Å². The highest BCUT2D eigenvalue weighted by Crippen LogP contribution is 2.32. The molecule has 1 amide bonds. The number of hydrogen-bond donors (Lipinski definition) is 0. The maximum Gasteiger partial charge on any atom is 0.414 e. The molecular weight excluding hydrogens is 250 g/mol. The minimum absolute atomic E-state index is 0.149. The molecule has 3 nitrogen and oxygen atoms in total. The molecule has 1 aliphatic heterocycles. The third kappa shape index (κ3) is 2.39. The summed E-state index contributed by atoms with van der Waals surface area (Å²) in [4.78, 5) is 14.0. The Morgan fingerprint density at radius 2 is 1.85 bits per heavy atom. The fourth-order valence-corrected chi connectivity index (χ4v) is 2.63. The molecule has 1 aliphatic rings. The number of benzene rings is 2. The van der Waals surface area contributed by atoms with Crippen molar-refractivity contribution in [3.63, 3.8) is 0 Å². The lowest BCUT2D eigenvalue weighted by molar-refractivity contribution is 0.145. The predicted molar refractivity (Wildman–Crippen MR) is 78.7 cm³/mol. The van der Waals surface area contributed by atoms with E-state index in [0.29, 0.717) is 6.61 Å². The van der Waals surface area contributed by atoms with E-state index in [1.165, 1.54) is 5.56 Å². The van der Waals surface area contributed by atoms with E-state index in [4.69, 9.17) is 4.74 Å². The summed E-state index contributed by atoms with van der Waals surface area (Å²) in [5.74, 6) is 0. The molecule has 3 rings (SSSR count). The molecule has 0 saturated heterocycles. The number of carbonyl (C=O) groups excluding carboxylic acids is 1. The molecule has 1 unspecified atom stereocenters. The minimum atomic E-state index is -0.272. The number of hydrogen-bond acceptors (Lipinski definition) is 2. The first kappa shape index (κ1) is 12.7. The van der Waals surface area contributed by atoms with Crippen LogP contribution in [0.4, 0.5) is 10.5 Å². The number of anilines is 1. The van der Waals surface area contributed by atoms with Gasteiger partial charge in [0.15, 0.2) is 0 Å². The van der Waals surface area contributed by atoms with Gasteiger partial charge in [-0.2, -0.15) is 0 Å². The monoisotopic (exact) mass is 267 g/mol. The second kappa shape index (κ2) is 5.37. The van der Waals surface area contributed by atoms with Crippen LogP contribution < -0.4 is 4.90 Å². The predicted octanol–water partition coefficient (Wildman–Crippen LogP) is 3.77. The summed E-state index contributed by atoms with van der Waals surface area (Å²) >= 11 is 0. The van der Waals surface area contributed by atoms with Gasteiger partial charge in [-0.3, -0.25) is 4.90 Å². The summed E-state index contributed by atoms with van der Waals surface area (Å²) in [7, 11) is 0. The molecule has 0 radical (unpaired) electrons. The van der Waals surface area contributed by atoms with Gasteiger partial charge in [0.1, 0.15) is 6.61 Å². The van der Waals surface area contributed by atoms with Gasteiger partial charge >= 0.3 is 6.09 Å². The molecule has 0 aliphatic carbocycles. The van der Waals surface area contributed by atoms with Crippen LogP contribution >= 0.6 is 0 Å². The second-order valence-electron chi connectivity index (χ2n) is 5.09. The van der Waals surface area contributed by atoms with Gasteiger partial charge in [-0.1, -0.05) is 48.5 Å². The quantitative estimate of drug-likeness (QED) is 0.828. The number of nitrogens with zero attached hydrogens (tertiary/aromatic N) is 1. The van der Waals surface area contributed by atoms with Crippen molar-refractivity contribution < 1.29 is 9.53 Å². The number of carbonyl (C=O) groups is 1. The van der Waals surface area contributed by atoms with E-state index in [9.17, 15) is 4.79 Å². The molecule has 102 valence electrons. The molecular formula is C17H17NO2. The van der Waals surface area contributed by atoms with E-state index in [1.807, 2.05) is 55.5 Å². The molecule has 0 saturated carbocycles.